The van der Waals surface area contributed by atoms with Crippen LogP contribution < -0.4 is 10.1 Å². The molecule has 6 heteroatoms. The quantitative estimate of drug-likeness (QED) is 0.671. The number of unbranched alkanes of at least 4 members (excludes halogenated alkanes) is 1. The summed E-state index contributed by atoms with van der Waals surface area (Å²) in [6, 6.07) is 4.70. The third kappa shape index (κ3) is 7.92. The van der Waals surface area contributed by atoms with Crippen LogP contribution in [0.15, 0.2) is 24.3 Å². The zero-order valence-corrected chi connectivity index (χ0v) is 12.2. The average Bonchev–Trinajstić information content (AvgIpc) is 2.45. The molecule has 0 aliphatic rings. The number of hydrogen-bond acceptors (Lipinski definition) is 3. The average molecular weight is 305 g/mol. The molecular weight excluding hydrogens is 283 g/mol. The molecule has 0 spiro atoms. The van der Waals surface area contributed by atoms with Crippen LogP contribution in [0.25, 0.3) is 0 Å². The zero-order chi connectivity index (χ0) is 15.6. The molecule has 0 bridgehead atoms. The molecule has 1 rings (SSSR count). The number of benzene rings is 1. The maximum absolute atomic E-state index is 12.4. The van der Waals surface area contributed by atoms with Crippen LogP contribution >= 0.6 is 0 Å². The number of rotatable bonds is 10. The molecule has 0 unspecified atom stereocenters. The minimum atomic E-state index is -4.31. The molecule has 1 N–H and O–H groups in total. The van der Waals surface area contributed by atoms with E-state index >= 15 is 0 Å². The van der Waals surface area contributed by atoms with Gasteiger partial charge in [0.2, 0.25) is 0 Å². The highest BCUT2D eigenvalue weighted by Crippen LogP contribution is 2.30. The Morgan fingerprint density at radius 1 is 1.00 bits per heavy atom. The van der Waals surface area contributed by atoms with E-state index in [9.17, 15) is 13.2 Å². The monoisotopic (exact) mass is 305 g/mol. The van der Waals surface area contributed by atoms with Gasteiger partial charge >= 0.3 is 6.18 Å². The van der Waals surface area contributed by atoms with E-state index in [-0.39, 0.29) is 0 Å². The molecule has 0 aliphatic carbocycles. The summed E-state index contributed by atoms with van der Waals surface area (Å²) >= 11 is 0. The fraction of sp³-hybridized carbons (Fsp3) is 0.600. The first-order valence-electron chi connectivity index (χ1n) is 7.12. The lowest BCUT2D eigenvalue weighted by Crippen LogP contribution is -2.25. The summed E-state index contributed by atoms with van der Waals surface area (Å²) in [5, 5.41) is 3.14. The van der Waals surface area contributed by atoms with E-state index in [0.29, 0.717) is 25.5 Å². The number of halogens is 3. The van der Waals surface area contributed by atoms with Gasteiger partial charge in [0.1, 0.15) is 12.4 Å². The number of ether oxygens (including phenoxy) is 2. The molecule has 0 atom stereocenters. The summed E-state index contributed by atoms with van der Waals surface area (Å²) in [5.41, 5.74) is -0.669. The van der Waals surface area contributed by atoms with Crippen molar-refractivity contribution in [3.63, 3.8) is 0 Å². The van der Waals surface area contributed by atoms with E-state index in [1.807, 2.05) is 0 Å². The Bertz CT molecular complexity index is 380. The fourth-order valence-corrected chi connectivity index (χ4v) is 1.60. The van der Waals surface area contributed by atoms with Gasteiger partial charge in [-0.25, -0.2) is 0 Å². The van der Waals surface area contributed by atoms with Gasteiger partial charge in [0.15, 0.2) is 0 Å². The first-order valence-corrected chi connectivity index (χ1v) is 7.12. The van der Waals surface area contributed by atoms with Gasteiger partial charge in [-0.05, 0) is 30.7 Å². The summed E-state index contributed by atoms with van der Waals surface area (Å²) in [4.78, 5) is 0. The minimum absolute atomic E-state index is 0.403. The lowest BCUT2D eigenvalue weighted by atomic mass is 10.2. The van der Waals surface area contributed by atoms with Gasteiger partial charge in [-0.2, -0.15) is 13.2 Å². The summed E-state index contributed by atoms with van der Waals surface area (Å²) in [7, 11) is 0. The second-order valence-electron chi connectivity index (χ2n) is 4.59. The van der Waals surface area contributed by atoms with E-state index < -0.39 is 11.7 Å². The van der Waals surface area contributed by atoms with E-state index in [2.05, 4.69) is 12.2 Å². The van der Waals surface area contributed by atoms with Crippen LogP contribution in [-0.2, 0) is 10.9 Å². The van der Waals surface area contributed by atoms with Crippen molar-refractivity contribution in [1.29, 1.82) is 0 Å². The number of alkyl halides is 3. The molecule has 1 aromatic carbocycles. The molecule has 0 aromatic heterocycles. The topological polar surface area (TPSA) is 30.5 Å². The molecule has 0 saturated heterocycles. The van der Waals surface area contributed by atoms with Crippen molar-refractivity contribution in [2.24, 2.45) is 0 Å². The van der Waals surface area contributed by atoms with Crippen LogP contribution in [0, 0.1) is 0 Å². The van der Waals surface area contributed by atoms with E-state index in [1.54, 1.807) is 0 Å². The first kappa shape index (κ1) is 17.8. The Morgan fingerprint density at radius 3 is 2.29 bits per heavy atom. The van der Waals surface area contributed by atoms with Crippen molar-refractivity contribution in [1.82, 2.24) is 5.32 Å². The van der Waals surface area contributed by atoms with Gasteiger partial charge < -0.3 is 14.8 Å². The maximum Gasteiger partial charge on any atom is 0.416 e. The highest BCUT2D eigenvalue weighted by Gasteiger charge is 2.29. The van der Waals surface area contributed by atoms with E-state index in [4.69, 9.17) is 9.47 Å². The van der Waals surface area contributed by atoms with E-state index in [0.717, 1.165) is 38.1 Å². The molecule has 3 nitrogen and oxygen atoms in total. The number of nitrogens with one attached hydrogen (secondary N) is 1. The Hall–Kier alpha value is -1.27. The Morgan fingerprint density at radius 2 is 1.67 bits per heavy atom. The van der Waals surface area contributed by atoms with Crippen LogP contribution in [0.1, 0.15) is 25.3 Å². The Labute approximate surface area is 123 Å². The molecule has 1 aromatic rings. The third-order valence-corrected chi connectivity index (χ3v) is 2.79. The van der Waals surface area contributed by atoms with Crippen molar-refractivity contribution in [3.05, 3.63) is 29.8 Å². The predicted octanol–water partition coefficient (Wildman–Crippen LogP) is 3.49. The van der Waals surface area contributed by atoms with Crippen molar-refractivity contribution < 1.29 is 22.6 Å². The highest BCUT2D eigenvalue weighted by molar-refractivity contribution is 5.28. The van der Waals surface area contributed by atoms with E-state index in [1.165, 1.54) is 12.1 Å². The van der Waals surface area contributed by atoms with Gasteiger partial charge in [-0.15, -0.1) is 0 Å². The van der Waals surface area contributed by atoms with Crippen molar-refractivity contribution in [2.45, 2.75) is 25.9 Å². The van der Waals surface area contributed by atoms with Crippen molar-refractivity contribution >= 4 is 0 Å². The lowest BCUT2D eigenvalue weighted by molar-refractivity contribution is -0.137. The largest absolute Gasteiger partial charge is 0.492 e. The van der Waals surface area contributed by atoms with Crippen molar-refractivity contribution in [2.75, 3.05) is 32.9 Å². The van der Waals surface area contributed by atoms with Gasteiger partial charge in [-0.3, -0.25) is 0 Å². The second-order valence-corrected chi connectivity index (χ2v) is 4.59. The van der Waals surface area contributed by atoms with Crippen LogP contribution in [0.3, 0.4) is 0 Å². The standard InChI is InChI=1S/C15H22F3NO2/c1-2-3-10-20-11-8-19-9-12-21-14-6-4-13(5-7-14)15(16,17)18/h4-7,19H,2-3,8-12H2,1H3. The molecule has 0 saturated carbocycles. The van der Waals surface area contributed by atoms with Crippen molar-refractivity contribution in [3.8, 4) is 5.75 Å². The first-order chi connectivity index (χ1) is 10.0. The van der Waals surface area contributed by atoms with Crippen LogP contribution in [0.4, 0.5) is 13.2 Å². The highest BCUT2D eigenvalue weighted by atomic mass is 19.4. The second kappa shape index (κ2) is 9.63. The molecule has 120 valence electrons. The summed E-state index contributed by atoms with van der Waals surface area (Å²) in [6.45, 7) is 5.30. The van der Waals surface area contributed by atoms with Gasteiger partial charge in [0, 0.05) is 19.7 Å². The lowest BCUT2D eigenvalue weighted by Gasteiger charge is -2.10. The summed E-state index contributed by atoms with van der Waals surface area (Å²) in [5.74, 6) is 0.434. The Kier molecular flexibility index (Phi) is 8.15. The molecule has 0 heterocycles. The normalized spacial score (nSPS) is 11.6. The SMILES string of the molecule is CCCCOCCNCCOc1ccc(C(F)(F)F)cc1. The summed E-state index contributed by atoms with van der Waals surface area (Å²) in [6.07, 6.45) is -2.12. The minimum Gasteiger partial charge on any atom is -0.492 e. The Balaban J connectivity index is 2.08. The van der Waals surface area contributed by atoms with Crippen LogP contribution in [0.5, 0.6) is 5.75 Å². The molecule has 0 radical (unpaired) electrons. The molecule has 0 aliphatic heterocycles. The zero-order valence-electron chi connectivity index (χ0n) is 12.2. The van der Waals surface area contributed by atoms with Gasteiger partial charge in [-0.1, -0.05) is 13.3 Å². The smallest absolute Gasteiger partial charge is 0.416 e. The van der Waals surface area contributed by atoms with Crippen LogP contribution in [-0.4, -0.2) is 32.9 Å². The maximum atomic E-state index is 12.4. The molecule has 0 fully saturated rings. The van der Waals surface area contributed by atoms with Gasteiger partial charge in [0.25, 0.3) is 0 Å². The van der Waals surface area contributed by atoms with Gasteiger partial charge in [0.05, 0.1) is 12.2 Å². The third-order valence-electron chi connectivity index (χ3n) is 2.79. The summed E-state index contributed by atoms with van der Waals surface area (Å²) < 4.78 is 47.8. The fourth-order valence-electron chi connectivity index (χ4n) is 1.60. The predicted molar refractivity (Wildman–Crippen MR) is 75.5 cm³/mol. The molecule has 0 amide bonds. The molecular formula is C15H22F3NO2. The number of hydrogen-bond donors (Lipinski definition) is 1. The molecule has 21 heavy (non-hydrogen) atoms. The van der Waals surface area contributed by atoms with Crippen LogP contribution in [0.2, 0.25) is 0 Å².